The van der Waals surface area contributed by atoms with Gasteiger partial charge < -0.3 is 5.32 Å². The number of carbonyl (C=O) groups is 1. The quantitative estimate of drug-likeness (QED) is 0.864. The van der Waals surface area contributed by atoms with Crippen LogP contribution in [0.3, 0.4) is 0 Å². The second-order valence-corrected chi connectivity index (χ2v) is 5.91. The summed E-state index contributed by atoms with van der Waals surface area (Å²) < 4.78 is 61.6. The van der Waals surface area contributed by atoms with E-state index in [1.165, 1.54) is 18.2 Å². The van der Waals surface area contributed by atoms with Gasteiger partial charge in [0, 0.05) is 5.56 Å². The molecular weight excluding hydrogens is 279 g/mol. The predicted octanol–water partition coefficient (Wildman–Crippen LogP) is 3.56. The third kappa shape index (κ3) is 3.59. The van der Waals surface area contributed by atoms with Gasteiger partial charge in [-0.15, -0.1) is 0 Å². The number of hydrogen-bond acceptors (Lipinski definition) is 2. The molecule has 0 fully saturated rings. The molecule has 1 N–H and O–H groups in total. The van der Waals surface area contributed by atoms with E-state index in [4.69, 9.17) is 5.26 Å². The first-order valence-electron chi connectivity index (χ1n) is 4.42. The molecule has 0 aliphatic carbocycles. The number of carbonyl (C=O) groups excluding carboxylic acids is 1. The zero-order chi connectivity index (χ0) is 14.1. The summed E-state index contributed by atoms with van der Waals surface area (Å²) >= 11 is 0. The molecule has 1 aromatic carbocycles. The van der Waals surface area contributed by atoms with Gasteiger partial charge in [-0.1, -0.05) is 37.6 Å². The predicted molar refractivity (Wildman–Crippen MR) is 56.4 cm³/mol. The van der Waals surface area contributed by atoms with Gasteiger partial charge in [0.25, 0.3) is 11.3 Å². The first-order valence-corrected chi connectivity index (χ1v) is 6.44. The normalized spacial score (nSPS) is 16.9. The highest BCUT2D eigenvalue weighted by Gasteiger charge is 2.71. The van der Waals surface area contributed by atoms with Gasteiger partial charge in [0.05, 0.1) is 0 Å². The van der Waals surface area contributed by atoms with Crippen molar-refractivity contribution in [2.45, 2.75) is 5.37 Å². The van der Waals surface area contributed by atoms with Gasteiger partial charge in [-0.2, -0.15) is 5.26 Å². The molecule has 1 aromatic rings. The average molecular weight is 286 g/mol. The Hall–Kier alpha value is -1.82. The number of halogens is 5. The van der Waals surface area contributed by atoms with Crippen LogP contribution in [0.1, 0.15) is 10.4 Å². The van der Waals surface area contributed by atoms with E-state index in [0.29, 0.717) is 6.07 Å². The summed E-state index contributed by atoms with van der Waals surface area (Å²) in [6.07, 6.45) is 0. The molecule has 3 nitrogen and oxygen atoms in total. The van der Waals surface area contributed by atoms with Crippen LogP contribution in [-0.4, -0.2) is 11.3 Å². The van der Waals surface area contributed by atoms with Crippen molar-refractivity contribution in [3.8, 4) is 6.07 Å². The van der Waals surface area contributed by atoms with E-state index in [0.717, 1.165) is 17.4 Å². The molecule has 0 radical (unpaired) electrons. The SMILES string of the molecule is N#CC(NC(=O)c1ccccc1)S(F)(F)(F)(F)F. The summed E-state index contributed by atoms with van der Waals surface area (Å²) in [5.74, 6) is -1.39. The largest absolute Gasteiger partial charge is 0.321 e. The molecule has 0 heterocycles. The molecule has 0 aliphatic rings. The maximum Gasteiger partial charge on any atom is 0.316 e. The average Bonchev–Trinajstić information content (AvgIpc) is 2.23. The van der Waals surface area contributed by atoms with Gasteiger partial charge in [0.15, 0.2) is 0 Å². The maximum absolute atomic E-state index is 12.3. The second kappa shape index (κ2) is 3.58. The van der Waals surface area contributed by atoms with Crippen molar-refractivity contribution in [3.05, 3.63) is 35.9 Å². The monoisotopic (exact) mass is 286 g/mol. The van der Waals surface area contributed by atoms with E-state index < -0.39 is 21.5 Å². The minimum absolute atomic E-state index is 0.250. The molecule has 0 aliphatic heterocycles. The van der Waals surface area contributed by atoms with Crippen LogP contribution in [0, 0.1) is 11.3 Å². The van der Waals surface area contributed by atoms with Crippen LogP contribution < -0.4 is 5.32 Å². The summed E-state index contributed by atoms with van der Waals surface area (Å²) in [6.45, 7) is 0. The van der Waals surface area contributed by atoms with E-state index in [9.17, 15) is 24.2 Å². The lowest BCUT2D eigenvalue weighted by Gasteiger charge is -2.43. The fourth-order valence-electron chi connectivity index (χ4n) is 1.04. The zero-order valence-corrected chi connectivity index (χ0v) is 9.43. The Balaban J connectivity index is 2.99. The lowest BCUT2D eigenvalue weighted by molar-refractivity contribution is 0.0946. The zero-order valence-electron chi connectivity index (χ0n) is 8.62. The van der Waals surface area contributed by atoms with Gasteiger partial charge in [-0.25, -0.2) is 0 Å². The summed E-state index contributed by atoms with van der Waals surface area (Å²) in [7, 11) is -10.1. The van der Waals surface area contributed by atoms with Crippen LogP contribution in [0.2, 0.25) is 0 Å². The van der Waals surface area contributed by atoms with Crippen LogP contribution in [0.25, 0.3) is 0 Å². The summed E-state index contributed by atoms with van der Waals surface area (Å²) in [4.78, 5) is 11.3. The molecule has 0 spiro atoms. The van der Waals surface area contributed by atoms with Gasteiger partial charge in [0.1, 0.15) is 6.07 Å². The molecule has 0 saturated heterocycles. The van der Waals surface area contributed by atoms with Crippen LogP contribution >= 0.6 is 10.2 Å². The highest BCUT2D eigenvalue weighted by atomic mass is 32.5. The minimum Gasteiger partial charge on any atom is -0.321 e. The van der Waals surface area contributed by atoms with Gasteiger partial charge in [-0.3, -0.25) is 4.79 Å². The Bertz CT molecular complexity index is 507. The van der Waals surface area contributed by atoms with Crippen LogP contribution in [-0.2, 0) is 0 Å². The summed E-state index contributed by atoms with van der Waals surface area (Å²) in [5, 5.41) is 5.33. The van der Waals surface area contributed by atoms with Crippen molar-refractivity contribution in [1.29, 1.82) is 5.26 Å². The van der Waals surface area contributed by atoms with E-state index in [2.05, 4.69) is 0 Å². The van der Waals surface area contributed by atoms with E-state index >= 15 is 0 Å². The van der Waals surface area contributed by atoms with Gasteiger partial charge in [0.2, 0.25) is 0 Å². The topological polar surface area (TPSA) is 52.9 Å². The first-order chi connectivity index (χ1) is 7.94. The van der Waals surface area contributed by atoms with Crippen molar-refractivity contribution >= 4 is 16.1 Å². The third-order valence-corrected chi connectivity index (χ3v) is 2.97. The lowest BCUT2D eigenvalue weighted by Crippen LogP contribution is -2.41. The minimum atomic E-state index is -10.1. The molecule has 1 rings (SSSR count). The van der Waals surface area contributed by atoms with Crippen molar-refractivity contribution in [2.75, 3.05) is 0 Å². The molecule has 9 heteroatoms. The Morgan fingerprint density at radius 3 is 2.06 bits per heavy atom. The molecular formula is C9H7F5N2OS. The van der Waals surface area contributed by atoms with E-state index in [1.807, 2.05) is 0 Å². The molecule has 1 atom stereocenters. The Morgan fingerprint density at radius 2 is 1.67 bits per heavy atom. The second-order valence-electron chi connectivity index (χ2n) is 3.38. The maximum atomic E-state index is 12.3. The fourth-order valence-corrected chi connectivity index (χ4v) is 1.56. The molecule has 0 saturated carbocycles. The van der Waals surface area contributed by atoms with Crippen LogP contribution in [0.15, 0.2) is 30.3 Å². The molecule has 0 bridgehead atoms. The number of nitrogens with zero attached hydrogens (tertiary/aromatic N) is 1. The molecule has 1 amide bonds. The number of hydrogen-bond donors (Lipinski definition) is 1. The highest BCUT2D eigenvalue weighted by Crippen LogP contribution is 2.99. The summed E-state index contributed by atoms with van der Waals surface area (Å²) in [5.41, 5.74) is -0.250. The van der Waals surface area contributed by atoms with Gasteiger partial charge >= 0.3 is 10.2 Å². The number of rotatable bonds is 3. The number of nitrogens with one attached hydrogen (secondary N) is 1. The highest BCUT2D eigenvalue weighted by molar-refractivity contribution is 8.46. The fraction of sp³-hybridized carbons (Fsp3) is 0.111. The van der Waals surface area contributed by atoms with Crippen LogP contribution in [0.4, 0.5) is 19.4 Å². The van der Waals surface area contributed by atoms with Crippen molar-refractivity contribution in [2.24, 2.45) is 0 Å². The van der Waals surface area contributed by atoms with Crippen molar-refractivity contribution in [3.63, 3.8) is 0 Å². The molecule has 18 heavy (non-hydrogen) atoms. The number of amides is 1. The Kier molecular flexibility index (Phi) is 2.84. The third-order valence-electron chi connectivity index (χ3n) is 1.86. The number of nitriles is 1. The lowest BCUT2D eigenvalue weighted by atomic mass is 10.2. The smallest absolute Gasteiger partial charge is 0.316 e. The molecule has 100 valence electrons. The summed E-state index contributed by atoms with van der Waals surface area (Å²) in [6, 6.07) is 6.81. The Morgan fingerprint density at radius 1 is 1.17 bits per heavy atom. The first kappa shape index (κ1) is 14.2. The van der Waals surface area contributed by atoms with Crippen molar-refractivity contribution < 1.29 is 24.2 Å². The van der Waals surface area contributed by atoms with Crippen molar-refractivity contribution in [1.82, 2.24) is 5.32 Å². The number of benzene rings is 1. The van der Waals surface area contributed by atoms with Gasteiger partial charge in [-0.05, 0) is 12.1 Å². The van der Waals surface area contributed by atoms with Crippen LogP contribution in [0.5, 0.6) is 0 Å². The van der Waals surface area contributed by atoms with E-state index in [1.54, 1.807) is 0 Å². The molecule has 0 aromatic heterocycles. The standard InChI is InChI=1S/C9H7F5N2OS/c10-18(11,12,13,14)8(6-15)16-9(17)7-4-2-1-3-5-7/h1-5,8H,(H,16,17). The Labute approximate surface area is 98.9 Å². The molecule has 1 unspecified atom stereocenters. The van der Waals surface area contributed by atoms with E-state index in [-0.39, 0.29) is 5.56 Å².